The van der Waals surface area contributed by atoms with Gasteiger partial charge in [0, 0.05) is 11.2 Å². The molecule has 0 fully saturated rings. The fourth-order valence-electron chi connectivity index (χ4n) is 2.63. The largest absolute Gasteiger partial charge is 0.346 e. The van der Waals surface area contributed by atoms with Crippen molar-refractivity contribution in [1.29, 1.82) is 0 Å². The summed E-state index contributed by atoms with van der Waals surface area (Å²) in [5, 5.41) is 6.38. The zero-order valence-electron chi connectivity index (χ0n) is 15.5. The van der Waals surface area contributed by atoms with Crippen LogP contribution in [0.3, 0.4) is 0 Å². The van der Waals surface area contributed by atoms with Gasteiger partial charge in [0.2, 0.25) is 5.91 Å². The average Bonchev–Trinajstić information content (AvgIpc) is 2.61. The Hall–Kier alpha value is -2.11. The molecular weight excluding hydrogens is 385 g/mol. The van der Waals surface area contributed by atoms with E-state index in [2.05, 4.69) is 15.6 Å². The number of aromatic nitrogens is 1. The Morgan fingerprint density at radius 2 is 1.81 bits per heavy atom. The van der Waals surface area contributed by atoms with Gasteiger partial charge in [-0.2, -0.15) is 0 Å². The molecule has 2 atom stereocenters. The molecule has 2 unspecified atom stereocenters. The molecule has 0 aliphatic carbocycles. The predicted octanol–water partition coefficient (Wildman–Crippen LogP) is 4.41. The summed E-state index contributed by atoms with van der Waals surface area (Å²) in [6.07, 6.45) is 2.17. The van der Waals surface area contributed by atoms with Crippen LogP contribution in [-0.2, 0) is 4.79 Å². The molecule has 1 aromatic carbocycles. The van der Waals surface area contributed by atoms with Gasteiger partial charge in [-0.15, -0.1) is 0 Å². The Bertz CT molecular complexity index is 797. The molecule has 0 saturated heterocycles. The van der Waals surface area contributed by atoms with Crippen LogP contribution >= 0.6 is 23.2 Å². The van der Waals surface area contributed by atoms with Crippen molar-refractivity contribution in [2.75, 3.05) is 0 Å². The number of pyridine rings is 1. The fraction of sp³-hybridized carbons (Fsp3) is 0.350. The van der Waals surface area contributed by atoms with E-state index in [1.54, 1.807) is 18.3 Å². The lowest BCUT2D eigenvalue weighted by Gasteiger charge is -2.23. The van der Waals surface area contributed by atoms with Gasteiger partial charge in [0.25, 0.3) is 5.91 Å². The molecule has 0 aliphatic rings. The summed E-state index contributed by atoms with van der Waals surface area (Å²) in [4.78, 5) is 29.6. The van der Waals surface area contributed by atoms with E-state index >= 15 is 0 Å². The highest BCUT2D eigenvalue weighted by Crippen LogP contribution is 2.21. The van der Waals surface area contributed by atoms with E-state index in [-0.39, 0.29) is 28.5 Å². The van der Waals surface area contributed by atoms with Crippen LogP contribution in [0.2, 0.25) is 10.0 Å². The van der Waals surface area contributed by atoms with E-state index in [9.17, 15) is 9.59 Å². The highest BCUT2D eigenvalue weighted by molar-refractivity contribution is 6.36. The van der Waals surface area contributed by atoms with Crippen LogP contribution in [-0.4, -0.2) is 22.8 Å². The first-order valence-corrected chi connectivity index (χ1v) is 9.50. The van der Waals surface area contributed by atoms with Gasteiger partial charge in [-0.3, -0.25) is 14.6 Å². The summed E-state index contributed by atoms with van der Waals surface area (Å²) in [5.74, 6) is -0.463. The molecule has 5 nitrogen and oxygen atoms in total. The van der Waals surface area contributed by atoms with Gasteiger partial charge in [-0.25, -0.2) is 0 Å². The zero-order chi connectivity index (χ0) is 20.0. The summed E-state index contributed by atoms with van der Waals surface area (Å²) < 4.78 is 0. The number of amides is 2. The van der Waals surface area contributed by atoms with Gasteiger partial charge < -0.3 is 10.6 Å². The second-order valence-corrected chi connectivity index (χ2v) is 7.61. The predicted molar refractivity (Wildman–Crippen MR) is 108 cm³/mol. The molecule has 27 heavy (non-hydrogen) atoms. The van der Waals surface area contributed by atoms with Gasteiger partial charge in [0.15, 0.2) is 0 Å². The zero-order valence-corrected chi connectivity index (χ0v) is 17.0. The number of hydrogen-bond acceptors (Lipinski definition) is 3. The van der Waals surface area contributed by atoms with Gasteiger partial charge in [-0.05, 0) is 49.6 Å². The number of rotatable bonds is 7. The first kappa shape index (κ1) is 21.2. The van der Waals surface area contributed by atoms with Crippen molar-refractivity contribution >= 4 is 35.0 Å². The van der Waals surface area contributed by atoms with Crippen molar-refractivity contribution in [3.05, 3.63) is 63.9 Å². The van der Waals surface area contributed by atoms with E-state index in [0.717, 1.165) is 5.69 Å². The molecule has 7 heteroatoms. The van der Waals surface area contributed by atoms with Crippen LogP contribution in [0, 0.1) is 5.92 Å². The standard InChI is InChI=1S/C20H23Cl2N3O2/c1-12(2)10-18(20(27)24-13(3)17-6-4-5-9-23-17)25-19(26)15-8-7-14(21)11-16(15)22/h4-9,11-13,18H,10H2,1-3H3,(H,24,27)(H,25,26). The minimum Gasteiger partial charge on any atom is -0.346 e. The number of carbonyl (C=O) groups is 2. The third-order valence-corrected chi connectivity index (χ3v) is 4.54. The summed E-state index contributed by atoms with van der Waals surface area (Å²) in [5.41, 5.74) is 1.03. The van der Waals surface area contributed by atoms with E-state index < -0.39 is 11.9 Å². The van der Waals surface area contributed by atoms with Crippen molar-refractivity contribution < 1.29 is 9.59 Å². The summed E-state index contributed by atoms with van der Waals surface area (Å²) in [6.45, 7) is 5.83. The second kappa shape index (κ2) is 9.72. The molecule has 2 N–H and O–H groups in total. The Morgan fingerprint density at radius 3 is 2.41 bits per heavy atom. The van der Waals surface area contributed by atoms with Gasteiger partial charge >= 0.3 is 0 Å². The minimum absolute atomic E-state index is 0.215. The molecule has 2 aromatic rings. The van der Waals surface area contributed by atoms with E-state index in [0.29, 0.717) is 11.4 Å². The highest BCUT2D eigenvalue weighted by Gasteiger charge is 2.25. The molecule has 0 spiro atoms. The highest BCUT2D eigenvalue weighted by atomic mass is 35.5. The second-order valence-electron chi connectivity index (χ2n) is 6.76. The molecule has 0 saturated carbocycles. The Balaban J connectivity index is 2.11. The molecular formula is C20H23Cl2N3O2. The number of benzene rings is 1. The summed E-state index contributed by atoms with van der Waals surface area (Å²) >= 11 is 12.0. The maximum absolute atomic E-state index is 12.8. The minimum atomic E-state index is -0.685. The van der Waals surface area contributed by atoms with Crippen molar-refractivity contribution in [2.45, 2.75) is 39.3 Å². The number of halogens is 2. The fourth-order valence-corrected chi connectivity index (χ4v) is 3.13. The molecule has 2 rings (SSSR count). The van der Waals surface area contributed by atoms with Crippen LogP contribution in [0.15, 0.2) is 42.6 Å². The van der Waals surface area contributed by atoms with Crippen molar-refractivity contribution in [2.24, 2.45) is 5.92 Å². The lowest BCUT2D eigenvalue weighted by molar-refractivity contribution is -0.124. The number of nitrogens with one attached hydrogen (secondary N) is 2. The number of nitrogens with zero attached hydrogens (tertiary/aromatic N) is 1. The maximum Gasteiger partial charge on any atom is 0.253 e. The normalized spacial score (nSPS) is 13.1. The summed E-state index contributed by atoms with van der Waals surface area (Å²) in [6, 6.07) is 9.19. The third-order valence-electron chi connectivity index (χ3n) is 3.99. The maximum atomic E-state index is 12.8. The van der Waals surface area contributed by atoms with Gasteiger partial charge in [-0.1, -0.05) is 43.1 Å². The molecule has 1 aromatic heterocycles. The number of hydrogen-bond donors (Lipinski definition) is 2. The Labute approximate surface area is 169 Å². The van der Waals surface area contributed by atoms with Crippen molar-refractivity contribution in [1.82, 2.24) is 15.6 Å². The van der Waals surface area contributed by atoms with Crippen molar-refractivity contribution in [3.63, 3.8) is 0 Å². The van der Waals surface area contributed by atoms with Crippen LogP contribution in [0.25, 0.3) is 0 Å². The lowest BCUT2D eigenvalue weighted by atomic mass is 10.0. The molecule has 1 heterocycles. The van der Waals surface area contributed by atoms with Crippen LogP contribution in [0.5, 0.6) is 0 Å². The van der Waals surface area contributed by atoms with E-state index in [1.165, 1.54) is 6.07 Å². The topological polar surface area (TPSA) is 71.1 Å². The van der Waals surface area contributed by atoms with E-state index in [1.807, 2.05) is 39.0 Å². The quantitative estimate of drug-likeness (QED) is 0.713. The molecule has 0 bridgehead atoms. The smallest absolute Gasteiger partial charge is 0.253 e. The number of carbonyl (C=O) groups excluding carboxylic acids is 2. The van der Waals surface area contributed by atoms with Crippen LogP contribution in [0.4, 0.5) is 0 Å². The SMILES string of the molecule is CC(C)CC(NC(=O)c1ccc(Cl)cc1Cl)C(=O)NC(C)c1ccccn1. The van der Waals surface area contributed by atoms with Crippen LogP contribution in [0.1, 0.15) is 49.3 Å². The van der Waals surface area contributed by atoms with Gasteiger partial charge in [0.1, 0.15) is 6.04 Å². The first-order valence-electron chi connectivity index (χ1n) is 8.75. The van der Waals surface area contributed by atoms with Crippen LogP contribution < -0.4 is 10.6 Å². The molecule has 0 aliphatic heterocycles. The molecule has 2 amide bonds. The Morgan fingerprint density at radius 1 is 1.07 bits per heavy atom. The average molecular weight is 408 g/mol. The molecule has 0 radical (unpaired) electrons. The first-order chi connectivity index (χ1) is 12.8. The van der Waals surface area contributed by atoms with E-state index in [4.69, 9.17) is 23.2 Å². The summed E-state index contributed by atoms with van der Waals surface area (Å²) in [7, 11) is 0. The Kier molecular flexibility index (Phi) is 7.63. The third kappa shape index (κ3) is 6.22. The lowest BCUT2D eigenvalue weighted by Crippen LogP contribution is -2.48. The van der Waals surface area contributed by atoms with Gasteiger partial charge in [0.05, 0.1) is 22.3 Å². The monoisotopic (exact) mass is 407 g/mol. The van der Waals surface area contributed by atoms with Crippen molar-refractivity contribution in [3.8, 4) is 0 Å². The molecule has 144 valence electrons.